The highest BCUT2D eigenvalue weighted by Crippen LogP contribution is 2.38. The van der Waals surface area contributed by atoms with Gasteiger partial charge in [-0.05, 0) is 135 Å². The van der Waals surface area contributed by atoms with E-state index in [-0.39, 0.29) is 26.1 Å². The van der Waals surface area contributed by atoms with Crippen molar-refractivity contribution < 1.29 is 42.1 Å². The van der Waals surface area contributed by atoms with E-state index in [4.69, 9.17) is 18.5 Å². The fraction of sp³-hybridized carbons (Fsp3) is 0.579. The summed E-state index contributed by atoms with van der Waals surface area (Å²) in [4.78, 5) is 38.0. The van der Waals surface area contributed by atoms with Crippen molar-refractivity contribution in [1.29, 1.82) is 0 Å². The predicted octanol–water partition coefficient (Wildman–Crippen LogP) is 21.3. The highest BCUT2D eigenvalue weighted by molar-refractivity contribution is 7.45. The molecule has 9 nitrogen and oxygen atoms in total. The summed E-state index contributed by atoms with van der Waals surface area (Å²) in [6, 6.07) is 0. The number of carbonyl (C=O) groups excluding carboxylic acids is 2. The lowest BCUT2D eigenvalue weighted by atomic mass is 10.1. The summed E-state index contributed by atoms with van der Waals surface area (Å²) in [7, 11) is 1.12. The van der Waals surface area contributed by atoms with Crippen molar-refractivity contribution in [2.24, 2.45) is 0 Å². The number of carbonyl (C=O) groups is 2. The molecule has 484 valence electrons. The molecule has 0 spiro atoms. The van der Waals surface area contributed by atoms with Gasteiger partial charge in [0.1, 0.15) is 19.8 Å². The van der Waals surface area contributed by atoms with Crippen LogP contribution in [0, 0.1) is 0 Å². The lowest BCUT2D eigenvalue weighted by molar-refractivity contribution is -0.870. The molecule has 0 rings (SSSR count). The number of ether oxygens (including phenoxy) is 2. The Bertz CT molecular complexity index is 2100. The van der Waals surface area contributed by atoms with Gasteiger partial charge in [-0.25, -0.2) is 0 Å². The maximum Gasteiger partial charge on any atom is 0.306 e. The van der Waals surface area contributed by atoms with E-state index in [2.05, 4.69) is 196 Å². The first-order chi connectivity index (χ1) is 42.0. The van der Waals surface area contributed by atoms with E-state index < -0.39 is 32.5 Å². The Kier molecular flexibility index (Phi) is 60.9. The average molecular weight is 1210 g/mol. The Balaban J connectivity index is 4.21. The van der Waals surface area contributed by atoms with E-state index in [0.29, 0.717) is 23.9 Å². The van der Waals surface area contributed by atoms with E-state index in [0.717, 1.165) is 161 Å². The molecule has 0 saturated heterocycles. The zero-order chi connectivity index (χ0) is 62.6. The van der Waals surface area contributed by atoms with Gasteiger partial charge in [0, 0.05) is 12.8 Å². The smallest absolute Gasteiger partial charge is 0.306 e. The van der Waals surface area contributed by atoms with E-state index in [1.807, 2.05) is 21.1 Å². The summed E-state index contributed by atoms with van der Waals surface area (Å²) in [5.41, 5.74) is 0. The van der Waals surface area contributed by atoms with Gasteiger partial charge in [0.2, 0.25) is 0 Å². The van der Waals surface area contributed by atoms with Crippen molar-refractivity contribution in [2.45, 2.75) is 238 Å². The first-order valence-electron chi connectivity index (χ1n) is 33.5. The maximum atomic E-state index is 12.9. The average Bonchev–Trinajstić information content (AvgIpc) is 3.56. The van der Waals surface area contributed by atoms with E-state index in [1.54, 1.807) is 0 Å². The summed E-state index contributed by atoms with van der Waals surface area (Å²) in [6.07, 6.45) is 99.5. The highest BCUT2D eigenvalue weighted by atomic mass is 31.2. The molecule has 0 aromatic carbocycles. The Labute approximate surface area is 527 Å². The highest BCUT2D eigenvalue weighted by Gasteiger charge is 2.22. The number of hydrogen-bond donors (Lipinski definition) is 0. The van der Waals surface area contributed by atoms with Gasteiger partial charge < -0.3 is 27.9 Å². The van der Waals surface area contributed by atoms with Crippen LogP contribution in [0.2, 0.25) is 0 Å². The number of likely N-dealkylation sites (N-methyl/N-ethyl adjacent to an activating group) is 1. The van der Waals surface area contributed by atoms with Crippen LogP contribution in [-0.4, -0.2) is 70.0 Å². The van der Waals surface area contributed by atoms with Crippen LogP contribution < -0.4 is 4.89 Å². The third-order valence-electron chi connectivity index (χ3n) is 13.4. The topological polar surface area (TPSA) is 111 Å². The molecule has 2 atom stereocenters. The molecule has 0 saturated carbocycles. The summed E-state index contributed by atoms with van der Waals surface area (Å²) in [5.74, 6) is -0.871. The van der Waals surface area contributed by atoms with Crippen LogP contribution in [0.1, 0.15) is 232 Å². The minimum Gasteiger partial charge on any atom is -0.756 e. The number of esters is 2. The Morgan fingerprint density at radius 1 is 0.360 bits per heavy atom. The van der Waals surface area contributed by atoms with Crippen LogP contribution in [0.25, 0.3) is 0 Å². The van der Waals surface area contributed by atoms with E-state index >= 15 is 0 Å². The molecule has 0 aromatic heterocycles. The monoisotopic (exact) mass is 1210 g/mol. The first-order valence-corrected chi connectivity index (χ1v) is 35.0. The van der Waals surface area contributed by atoms with Crippen molar-refractivity contribution >= 4 is 19.8 Å². The fourth-order valence-electron chi connectivity index (χ4n) is 8.36. The molecule has 0 radical (unpaired) electrons. The van der Waals surface area contributed by atoms with E-state index in [1.165, 1.54) is 32.1 Å². The summed E-state index contributed by atoms with van der Waals surface area (Å²) in [5, 5.41) is 0. The first kappa shape index (κ1) is 81.1. The van der Waals surface area contributed by atoms with Gasteiger partial charge in [0.15, 0.2) is 6.10 Å². The van der Waals surface area contributed by atoms with Crippen LogP contribution in [0.15, 0.2) is 182 Å². The van der Waals surface area contributed by atoms with Crippen LogP contribution in [-0.2, 0) is 32.7 Å². The Morgan fingerprint density at radius 3 is 0.930 bits per heavy atom. The minimum atomic E-state index is -4.66. The van der Waals surface area contributed by atoms with Gasteiger partial charge in [-0.3, -0.25) is 14.2 Å². The number of quaternary nitrogens is 1. The lowest BCUT2D eigenvalue weighted by Gasteiger charge is -2.28. The zero-order valence-corrected chi connectivity index (χ0v) is 55.8. The molecule has 86 heavy (non-hydrogen) atoms. The number of phosphoric acid groups is 1. The molecule has 0 aliphatic rings. The minimum absolute atomic E-state index is 0.0457. The third kappa shape index (κ3) is 68.2. The molecule has 2 unspecified atom stereocenters. The summed E-state index contributed by atoms with van der Waals surface area (Å²) in [6.45, 7) is 3.96. The van der Waals surface area contributed by atoms with Gasteiger partial charge in [-0.15, -0.1) is 0 Å². The summed E-state index contributed by atoms with van der Waals surface area (Å²) < 4.78 is 34.2. The van der Waals surface area contributed by atoms with Crippen molar-refractivity contribution in [2.75, 3.05) is 47.5 Å². The predicted molar refractivity (Wildman–Crippen MR) is 369 cm³/mol. The Hall–Kier alpha value is -4.89. The quantitative estimate of drug-likeness (QED) is 0.0195. The molecule has 0 aliphatic heterocycles. The number of rotatable bonds is 59. The van der Waals surface area contributed by atoms with Crippen LogP contribution in [0.3, 0.4) is 0 Å². The number of hydrogen-bond acceptors (Lipinski definition) is 8. The number of unbranched alkanes of at least 4 members (excludes halogenated alkanes) is 15. The second-order valence-electron chi connectivity index (χ2n) is 22.7. The standard InChI is InChI=1S/C76H122NO8P/c1-6-8-10-12-14-16-18-20-22-24-26-28-30-32-34-36-38-40-42-44-46-48-50-52-54-56-58-60-62-64-66-68-75(78)82-72-74(73-84-86(80,81)83-71-70-77(3,4)5)85-76(79)69-67-65-63-61-59-57-55-53-51-49-47-45-43-41-39-37-35-33-31-29-27-25-23-21-19-17-15-13-11-9-7-2/h8-11,14-17,20-23,26-29,32-35,38-41,44-47,51,53,74H,6-7,12-13,18-19,24-25,30-31,36-37,42-43,48-50,52,54-73H2,1-5H3/b10-8-,11-9-,16-14-,17-15-,22-20-,23-21-,28-26-,29-27-,34-32-,35-33-,40-38-,41-39-,46-44-,47-45-,53-51-. The SMILES string of the molecule is CC/C=C\C/C=C\C/C=C\C/C=C\C/C=C\C/C=C\C/C=C\C/C=C\CCCCCCCCC(=O)OC(COC(=O)CCCCCCCCCCC/C=C\C/C=C\C/C=C\C/C=C\C/C=C\C/C=C\C/C=C\CC)COP(=O)([O-])OCC[N+](C)(C)C. The molecule has 0 aliphatic carbocycles. The fourth-order valence-corrected chi connectivity index (χ4v) is 9.09. The molecule has 0 amide bonds. The number of nitrogens with zero attached hydrogens (tertiary/aromatic N) is 1. The van der Waals surface area contributed by atoms with Gasteiger partial charge in [0.05, 0.1) is 27.7 Å². The van der Waals surface area contributed by atoms with Crippen molar-refractivity contribution in [3.05, 3.63) is 182 Å². The largest absolute Gasteiger partial charge is 0.756 e. The van der Waals surface area contributed by atoms with Gasteiger partial charge in [-0.2, -0.15) is 0 Å². The Morgan fingerprint density at radius 2 is 0.628 bits per heavy atom. The molecular weight excluding hydrogens is 1090 g/mol. The van der Waals surface area contributed by atoms with Crippen LogP contribution >= 0.6 is 7.82 Å². The lowest BCUT2D eigenvalue weighted by Crippen LogP contribution is -2.37. The molecule has 0 heterocycles. The van der Waals surface area contributed by atoms with Gasteiger partial charge >= 0.3 is 11.9 Å². The zero-order valence-electron chi connectivity index (χ0n) is 54.9. The molecular formula is C76H122NO8P. The van der Waals surface area contributed by atoms with Crippen molar-refractivity contribution in [1.82, 2.24) is 0 Å². The van der Waals surface area contributed by atoms with Crippen LogP contribution in [0.5, 0.6) is 0 Å². The molecule has 10 heteroatoms. The number of allylic oxidation sites excluding steroid dienone is 30. The normalized spacial score (nSPS) is 14.3. The van der Waals surface area contributed by atoms with Gasteiger partial charge in [-0.1, -0.05) is 267 Å². The molecule has 0 aromatic rings. The third-order valence-corrected chi connectivity index (χ3v) is 14.4. The van der Waals surface area contributed by atoms with E-state index in [9.17, 15) is 19.0 Å². The second-order valence-corrected chi connectivity index (χ2v) is 24.1. The molecule has 0 bridgehead atoms. The number of phosphoric ester groups is 1. The van der Waals surface area contributed by atoms with Crippen LogP contribution in [0.4, 0.5) is 0 Å². The molecule has 0 fully saturated rings. The summed E-state index contributed by atoms with van der Waals surface area (Å²) >= 11 is 0. The van der Waals surface area contributed by atoms with Crippen molar-refractivity contribution in [3.8, 4) is 0 Å². The second kappa shape index (κ2) is 64.6. The molecule has 0 N–H and O–H groups in total. The van der Waals surface area contributed by atoms with Crippen molar-refractivity contribution in [3.63, 3.8) is 0 Å². The van der Waals surface area contributed by atoms with Gasteiger partial charge in [0.25, 0.3) is 7.82 Å². The maximum absolute atomic E-state index is 12.9.